The normalized spacial score (nSPS) is 11.0. The molecule has 0 saturated heterocycles. The fraction of sp³-hybridized carbons (Fsp3) is 0.200. The molecule has 0 atom stereocenters. The summed E-state index contributed by atoms with van der Waals surface area (Å²) in [6.45, 7) is 1.25. The molecular formula is C15H16N2O7S. The van der Waals surface area contributed by atoms with Gasteiger partial charge in [-0.2, -0.15) is 0 Å². The highest BCUT2D eigenvalue weighted by Crippen LogP contribution is 2.25. The van der Waals surface area contributed by atoms with E-state index >= 15 is 0 Å². The summed E-state index contributed by atoms with van der Waals surface area (Å²) in [6.07, 6.45) is 0. The molecule has 0 bridgehead atoms. The minimum Gasteiger partial charge on any atom is -0.495 e. The van der Waals surface area contributed by atoms with E-state index in [1.807, 2.05) is 13.0 Å². The van der Waals surface area contributed by atoms with E-state index in [2.05, 4.69) is 5.32 Å². The van der Waals surface area contributed by atoms with Crippen molar-refractivity contribution in [1.29, 1.82) is 0 Å². The number of carbonyl (C=O) groups is 2. The lowest BCUT2D eigenvalue weighted by Gasteiger charge is -2.11. The van der Waals surface area contributed by atoms with Crippen LogP contribution in [0.15, 0.2) is 39.8 Å². The Hall–Kier alpha value is -2.85. The third kappa shape index (κ3) is 4.81. The molecule has 0 aliphatic carbocycles. The predicted molar refractivity (Wildman–Crippen MR) is 86.7 cm³/mol. The molecule has 3 N–H and O–H groups in total. The maximum absolute atomic E-state index is 11.9. The van der Waals surface area contributed by atoms with Crippen LogP contribution in [0.1, 0.15) is 16.1 Å². The molecular weight excluding hydrogens is 352 g/mol. The SMILES string of the molecule is COc1ccc(C)cc1NC(=O)COC(=O)c1ccc(S(N)(=O)=O)o1. The molecule has 10 heteroatoms. The molecule has 2 rings (SSSR count). The van der Waals surface area contributed by atoms with E-state index in [4.69, 9.17) is 19.0 Å². The van der Waals surface area contributed by atoms with Gasteiger partial charge in [0, 0.05) is 0 Å². The molecule has 0 aliphatic rings. The molecule has 0 aliphatic heterocycles. The first-order chi connectivity index (χ1) is 11.7. The third-order valence-corrected chi connectivity index (χ3v) is 3.81. The second-order valence-electron chi connectivity index (χ2n) is 4.99. The number of furan rings is 1. The molecule has 2 aromatic rings. The van der Waals surface area contributed by atoms with Crippen LogP contribution in [-0.2, 0) is 19.6 Å². The first kappa shape index (κ1) is 18.5. The van der Waals surface area contributed by atoms with Crippen molar-refractivity contribution < 1.29 is 31.9 Å². The summed E-state index contributed by atoms with van der Waals surface area (Å²) in [5, 5.41) is 6.84. The van der Waals surface area contributed by atoms with Crippen molar-refractivity contribution >= 4 is 27.6 Å². The summed E-state index contributed by atoms with van der Waals surface area (Å²) in [5.74, 6) is -1.53. The smallest absolute Gasteiger partial charge is 0.374 e. The Morgan fingerprint density at radius 2 is 1.96 bits per heavy atom. The quantitative estimate of drug-likeness (QED) is 0.726. The van der Waals surface area contributed by atoms with Gasteiger partial charge >= 0.3 is 5.97 Å². The molecule has 1 heterocycles. The molecule has 25 heavy (non-hydrogen) atoms. The maximum Gasteiger partial charge on any atom is 0.374 e. The van der Waals surface area contributed by atoms with E-state index in [1.165, 1.54) is 7.11 Å². The monoisotopic (exact) mass is 368 g/mol. The van der Waals surface area contributed by atoms with Crippen molar-refractivity contribution in [1.82, 2.24) is 0 Å². The highest BCUT2D eigenvalue weighted by atomic mass is 32.2. The molecule has 0 fully saturated rings. The van der Waals surface area contributed by atoms with Crippen LogP contribution in [0.25, 0.3) is 0 Å². The van der Waals surface area contributed by atoms with Crippen LogP contribution in [0.4, 0.5) is 5.69 Å². The number of benzene rings is 1. The molecule has 0 unspecified atom stereocenters. The van der Waals surface area contributed by atoms with E-state index in [1.54, 1.807) is 12.1 Å². The fourth-order valence-corrected chi connectivity index (χ4v) is 2.35. The largest absolute Gasteiger partial charge is 0.495 e. The van der Waals surface area contributed by atoms with Gasteiger partial charge in [-0.05, 0) is 36.8 Å². The van der Waals surface area contributed by atoms with Crippen molar-refractivity contribution in [2.45, 2.75) is 12.0 Å². The molecule has 9 nitrogen and oxygen atoms in total. The van der Waals surface area contributed by atoms with Gasteiger partial charge in [0.2, 0.25) is 10.9 Å². The van der Waals surface area contributed by atoms with Crippen LogP contribution in [0, 0.1) is 6.92 Å². The Kier molecular flexibility index (Phi) is 5.45. The van der Waals surface area contributed by atoms with E-state index in [0.29, 0.717) is 11.4 Å². The standard InChI is InChI=1S/C15H16N2O7S/c1-9-3-4-11(22-2)10(7-9)17-13(18)8-23-15(19)12-5-6-14(24-12)25(16,20)21/h3-7H,8H2,1-2H3,(H,17,18)(H2,16,20,21). The highest BCUT2D eigenvalue weighted by molar-refractivity contribution is 7.89. The van der Waals surface area contributed by atoms with Crippen molar-refractivity contribution in [2.75, 3.05) is 19.0 Å². The lowest BCUT2D eigenvalue weighted by molar-refractivity contribution is -0.119. The van der Waals surface area contributed by atoms with Crippen molar-refractivity contribution in [3.05, 3.63) is 41.7 Å². The molecule has 1 aromatic heterocycles. The Bertz CT molecular complexity index is 902. The van der Waals surface area contributed by atoms with Gasteiger partial charge in [-0.3, -0.25) is 4.79 Å². The average Bonchev–Trinajstić information content (AvgIpc) is 3.03. The average molecular weight is 368 g/mol. The summed E-state index contributed by atoms with van der Waals surface area (Å²) in [6, 6.07) is 7.31. The molecule has 1 aromatic carbocycles. The number of sulfonamides is 1. The first-order valence-corrected chi connectivity index (χ1v) is 8.49. The fourth-order valence-electron chi connectivity index (χ4n) is 1.89. The van der Waals surface area contributed by atoms with Gasteiger partial charge in [-0.15, -0.1) is 0 Å². The molecule has 0 spiro atoms. The number of hydrogen-bond donors (Lipinski definition) is 2. The molecule has 0 saturated carbocycles. The predicted octanol–water partition coefficient (Wildman–Crippen LogP) is 1.04. The van der Waals surface area contributed by atoms with Gasteiger partial charge in [0.15, 0.2) is 6.61 Å². The summed E-state index contributed by atoms with van der Waals surface area (Å²) in [7, 11) is -2.61. The van der Waals surface area contributed by atoms with Crippen LogP contribution in [0.5, 0.6) is 5.75 Å². The zero-order valence-electron chi connectivity index (χ0n) is 13.4. The number of aryl methyl sites for hydroxylation is 1. The van der Waals surface area contributed by atoms with E-state index in [0.717, 1.165) is 17.7 Å². The summed E-state index contributed by atoms with van der Waals surface area (Å²) < 4.78 is 36.8. The lowest BCUT2D eigenvalue weighted by atomic mass is 10.2. The van der Waals surface area contributed by atoms with Crippen molar-refractivity contribution in [2.24, 2.45) is 5.14 Å². The van der Waals surface area contributed by atoms with Crippen molar-refractivity contribution in [3.8, 4) is 5.75 Å². The molecule has 134 valence electrons. The number of nitrogens with two attached hydrogens (primary N) is 1. The van der Waals surface area contributed by atoms with E-state index < -0.39 is 33.6 Å². The van der Waals surface area contributed by atoms with Gasteiger partial charge < -0.3 is 19.2 Å². The van der Waals surface area contributed by atoms with E-state index in [9.17, 15) is 18.0 Å². The number of ether oxygens (including phenoxy) is 2. The lowest BCUT2D eigenvalue weighted by Crippen LogP contribution is -2.21. The minimum atomic E-state index is -4.07. The Morgan fingerprint density at radius 1 is 1.24 bits per heavy atom. The van der Waals surface area contributed by atoms with Gasteiger partial charge in [0.1, 0.15) is 5.75 Å². The minimum absolute atomic E-state index is 0.384. The number of esters is 1. The van der Waals surface area contributed by atoms with Crippen LogP contribution >= 0.6 is 0 Å². The third-order valence-electron chi connectivity index (χ3n) is 3.03. The van der Waals surface area contributed by atoms with Crippen molar-refractivity contribution in [3.63, 3.8) is 0 Å². The van der Waals surface area contributed by atoms with Gasteiger partial charge in [0.05, 0.1) is 12.8 Å². The van der Waals surface area contributed by atoms with Crippen LogP contribution in [0.3, 0.4) is 0 Å². The highest BCUT2D eigenvalue weighted by Gasteiger charge is 2.19. The van der Waals surface area contributed by atoms with Crippen LogP contribution < -0.4 is 15.2 Å². The zero-order valence-corrected chi connectivity index (χ0v) is 14.3. The Morgan fingerprint density at radius 3 is 2.56 bits per heavy atom. The number of amides is 1. The number of rotatable bonds is 6. The zero-order chi connectivity index (χ0) is 18.6. The Labute approximate surface area is 143 Å². The number of methoxy groups -OCH3 is 1. The van der Waals surface area contributed by atoms with Gasteiger partial charge in [-0.1, -0.05) is 6.07 Å². The van der Waals surface area contributed by atoms with Crippen LogP contribution in [-0.4, -0.2) is 34.0 Å². The van der Waals surface area contributed by atoms with Gasteiger partial charge in [-0.25, -0.2) is 18.4 Å². The van der Waals surface area contributed by atoms with Gasteiger partial charge in [0.25, 0.3) is 15.9 Å². The number of carbonyl (C=O) groups excluding carboxylic acids is 2. The number of anilines is 1. The number of hydrogen-bond acceptors (Lipinski definition) is 7. The second-order valence-corrected chi connectivity index (χ2v) is 6.48. The second kappa shape index (κ2) is 7.36. The summed E-state index contributed by atoms with van der Waals surface area (Å²) in [4.78, 5) is 23.7. The number of nitrogens with one attached hydrogen (secondary N) is 1. The van der Waals surface area contributed by atoms with E-state index in [-0.39, 0.29) is 5.76 Å². The topological polar surface area (TPSA) is 138 Å². The Balaban J connectivity index is 1.97. The maximum atomic E-state index is 11.9. The number of primary sulfonamides is 1. The van der Waals surface area contributed by atoms with Crippen LogP contribution in [0.2, 0.25) is 0 Å². The molecule has 0 radical (unpaired) electrons. The summed E-state index contributed by atoms with van der Waals surface area (Å²) >= 11 is 0. The molecule has 1 amide bonds. The summed E-state index contributed by atoms with van der Waals surface area (Å²) in [5.41, 5.74) is 1.33. The first-order valence-electron chi connectivity index (χ1n) is 6.95.